The smallest absolute Gasteiger partial charge is 0.457 e. The van der Waals surface area contributed by atoms with Crippen molar-refractivity contribution < 1.29 is 41.4 Å². The predicted molar refractivity (Wildman–Crippen MR) is 152 cm³/mol. The van der Waals surface area contributed by atoms with Crippen molar-refractivity contribution in [1.82, 2.24) is 10.2 Å². The van der Waals surface area contributed by atoms with Crippen LogP contribution in [0.4, 0.5) is 27.6 Å². The molecule has 2 amide bonds. The van der Waals surface area contributed by atoms with Gasteiger partial charge in [-0.1, -0.05) is 23.7 Å². The van der Waals surface area contributed by atoms with Gasteiger partial charge in [0.2, 0.25) is 5.60 Å². The van der Waals surface area contributed by atoms with E-state index in [1.165, 1.54) is 20.2 Å². The number of amides is 2. The first-order valence-electron chi connectivity index (χ1n) is 14.1. The van der Waals surface area contributed by atoms with Gasteiger partial charge in [0, 0.05) is 44.5 Å². The molecular formula is C30H35ClF5N3O4. The molecule has 2 N–H and O–H groups in total. The fraction of sp³-hybridized carbons (Fsp3) is 0.533. The van der Waals surface area contributed by atoms with Crippen molar-refractivity contribution >= 4 is 29.1 Å². The Hall–Kier alpha value is -3.12. The molecule has 236 valence electrons. The van der Waals surface area contributed by atoms with E-state index in [2.05, 4.69) is 10.2 Å². The lowest BCUT2D eigenvalue weighted by molar-refractivity contribution is -0.339. The molecule has 0 aliphatic carbocycles. The van der Waals surface area contributed by atoms with Gasteiger partial charge in [0.05, 0.1) is 17.7 Å². The Kier molecular flexibility index (Phi) is 9.80. The van der Waals surface area contributed by atoms with Crippen molar-refractivity contribution in [3.63, 3.8) is 0 Å². The third kappa shape index (κ3) is 6.55. The van der Waals surface area contributed by atoms with Gasteiger partial charge in [0.25, 0.3) is 11.8 Å². The highest BCUT2D eigenvalue weighted by Crippen LogP contribution is 2.50. The van der Waals surface area contributed by atoms with Crippen molar-refractivity contribution in [2.45, 2.75) is 49.8 Å². The van der Waals surface area contributed by atoms with Crippen molar-refractivity contribution in [1.29, 1.82) is 0 Å². The number of alkyl halides is 5. The van der Waals surface area contributed by atoms with Gasteiger partial charge >= 0.3 is 12.1 Å². The first-order chi connectivity index (χ1) is 20.2. The lowest BCUT2D eigenvalue weighted by Gasteiger charge is -2.42. The minimum atomic E-state index is -6.18. The summed E-state index contributed by atoms with van der Waals surface area (Å²) >= 11 is 6.30. The van der Waals surface area contributed by atoms with Crippen LogP contribution in [0.3, 0.4) is 0 Å². The molecule has 2 aliphatic heterocycles. The largest absolute Gasteiger partial charge is 0.497 e. The fourth-order valence-corrected chi connectivity index (χ4v) is 6.27. The molecule has 2 saturated heterocycles. The highest BCUT2D eigenvalue weighted by Gasteiger charge is 2.74. The summed E-state index contributed by atoms with van der Waals surface area (Å²) in [5.74, 6) is -7.22. The molecular weight excluding hydrogens is 597 g/mol. The summed E-state index contributed by atoms with van der Waals surface area (Å²) in [6.07, 6.45) is -2.71. The summed E-state index contributed by atoms with van der Waals surface area (Å²) in [6.45, 7) is 1.47. The lowest BCUT2D eigenvalue weighted by Crippen LogP contribution is -2.63. The standard InChI is InChI=1S/C30H35ClF5N3O4/c1-37-26(40)24-7-6-22(18-25(24)31)38-12-8-19(9-13-38)16-20-10-14-39(15-11-20)27(41)28(42,29(32,33)30(34,35)36)21-4-3-5-23(17-21)43-2/h3-7,17-20,42H,8-16H2,1-2H3,(H,37,40). The number of aliphatic hydroxyl groups is 1. The van der Waals surface area contributed by atoms with E-state index < -0.39 is 29.2 Å². The molecule has 0 radical (unpaired) electrons. The number of nitrogens with zero attached hydrogens (tertiary/aromatic N) is 2. The molecule has 0 saturated carbocycles. The monoisotopic (exact) mass is 631 g/mol. The van der Waals surface area contributed by atoms with Crippen LogP contribution in [0.1, 0.15) is 48.0 Å². The first kappa shape index (κ1) is 32.8. The maximum absolute atomic E-state index is 14.8. The fourth-order valence-electron chi connectivity index (χ4n) is 6.01. The minimum absolute atomic E-state index is 0.0429. The lowest BCUT2D eigenvalue weighted by atomic mass is 9.81. The van der Waals surface area contributed by atoms with E-state index in [4.69, 9.17) is 16.3 Å². The summed E-state index contributed by atoms with van der Waals surface area (Å²) in [6, 6.07) is 9.47. The average Bonchev–Trinajstić information content (AvgIpc) is 3.00. The Bertz CT molecular complexity index is 1310. The number of methoxy groups -OCH3 is 1. The number of halogens is 6. The zero-order valence-electron chi connectivity index (χ0n) is 23.9. The van der Waals surface area contributed by atoms with Crippen LogP contribution in [0.5, 0.6) is 5.75 Å². The Labute approximate surface area is 251 Å². The molecule has 0 spiro atoms. The molecule has 7 nitrogen and oxygen atoms in total. The molecule has 1 atom stereocenters. The zero-order valence-corrected chi connectivity index (χ0v) is 24.7. The van der Waals surface area contributed by atoms with Crippen LogP contribution in [0, 0.1) is 11.8 Å². The molecule has 2 aliphatic rings. The summed E-state index contributed by atoms with van der Waals surface area (Å²) < 4.78 is 75.2. The average molecular weight is 632 g/mol. The summed E-state index contributed by atoms with van der Waals surface area (Å²) in [5.41, 5.74) is -3.72. The predicted octanol–water partition coefficient (Wildman–Crippen LogP) is 5.64. The van der Waals surface area contributed by atoms with Gasteiger partial charge in [-0.05, 0) is 74.3 Å². The third-order valence-electron chi connectivity index (χ3n) is 8.58. The van der Waals surface area contributed by atoms with E-state index >= 15 is 0 Å². The molecule has 0 bridgehead atoms. The van der Waals surface area contributed by atoms with Crippen LogP contribution in [-0.4, -0.2) is 74.3 Å². The second-order valence-electron chi connectivity index (χ2n) is 11.2. The topological polar surface area (TPSA) is 82.1 Å². The molecule has 1 unspecified atom stereocenters. The van der Waals surface area contributed by atoms with E-state index in [0.29, 0.717) is 29.3 Å². The third-order valence-corrected chi connectivity index (χ3v) is 8.89. The number of hydrogen-bond acceptors (Lipinski definition) is 5. The van der Waals surface area contributed by atoms with Crippen LogP contribution >= 0.6 is 11.6 Å². The van der Waals surface area contributed by atoms with Crippen molar-refractivity contribution in [3.05, 3.63) is 58.6 Å². The highest BCUT2D eigenvalue weighted by molar-refractivity contribution is 6.34. The SMILES string of the molecule is CNC(=O)c1ccc(N2CCC(CC3CCN(C(=O)C(O)(c4cccc(OC)c4)C(F)(F)C(F)(F)F)CC3)CC2)cc1Cl. The number of carbonyl (C=O) groups excluding carboxylic acids is 2. The number of likely N-dealkylation sites (tertiary alicyclic amines) is 1. The van der Waals surface area contributed by atoms with E-state index in [-0.39, 0.29) is 30.7 Å². The molecule has 4 rings (SSSR count). The van der Waals surface area contributed by atoms with E-state index in [9.17, 15) is 36.6 Å². The van der Waals surface area contributed by atoms with E-state index in [0.717, 1.165) is 61.1 Å². The molecule has 0 aromatic heterocycles. The van der Waals surface area contributed by atoms with Gasteiger partial charge in [0.1, 0.15) is 5.75 Å². The van der Waals surface area contributed by atoms with Gasteiger partial charge in [0.15, 0.2) is 0 Å². The van der Waals surface area contributed by atoms with Crippen LogP contribution in [-0.2, 0) is 10.4 Å². The first-order valence-corrected chi connectivity index (χ1v) is 14.5. The Morgan fingerprint density at radius 3 is 2.12 bits per heavy atom. The van der Waals surface area contributed by atoms with Gasteiger partial charge in [-0.15, -0.1) is 0 Å². The van der Waals surface area contributed by atoms with Crippen molar-refractivity contribution in [3.8, 4) is 5.75 Å². The maximum Gasteiger partial charge on any atom is 0.457 e. The summed E-state index contributed by atoms with van der Waals surface area (Å²) in [5, 5.41) is 13.9. The highest BCUT2D eigenvalue weighted by atomic mass is 35.5. The minimum Gasteiger partial charge on any atom is -0.497 e. The normalized spacial score (nSPS) is 18.7. The van der Waals surface area contributed by atoms with Gasteiger partial charge in [-0.25, -0.2) is 0 Å². The van der Waals surface area contributed by atoms with Gasteiger partial charge in [-0.2, -0.15) is 22.0 Å². The number of piperidine rings is 2. The van der Waals surface area contributed by atoms with Gasteiger partial charge < -0.3 is 25.0 Å². The molecule has 2 fully saturated rings. The van der Waals surface area contributed by atoms with Crippen LogP contribution < -0.4 is 15.0 Å². The van der Waals surface area contributed by atoms with E-state index in [1.807, 2.05) is 6.07 Å². The van der Waals surface area contributed by atoms with Crippen molar-refractivity contribution in [2.75, 3.05) is 45.2 Å². The second-order valence-corrected chi connectivity index (χ2v) is 11.6. The molecule has 13 heteroatoms. The van der Waals surface area contributed by atoms with Crippen LogP contribution in [0.15, 0.2) is 42.5 Å². The number of benzene rings is 2. The number of ether oxygens (including phenoxy) is 1. The van der Waals surface area contributed by atoms with Crippen LogP contribution in [0.2, 0.25) is 5.02 Å². The summed E-state index contributed by atoms with van der Waals surface area (Å²) in [4.78, 5) is 28.3. The maximum atomic E-state index is 14.8. The number of hydrogen-bond donors (Lipinski definition) is 2. The molecule has 43 heavy (non-hydrogen) atoms. The Morgan fingerprint density at radius 1 is 0.977 bits per heavy atom. The molecule has 2 aromatic rings. The van der Waals surface area contributed by atoms with Crippen molar-refractivity contribution in [2.24, 2.45) is 11.8 Å². The Balaban J connectivity index is 1.37. The number of anilines is 1. The number of carbonyl (C=O) groups is 2. The number of nitrogens with one attached hydrogen (secondary N) is 1. The molecule has 2 heterocycles. The van der Waals surface area contributed by atoms with E-state index in [1.54, 1.807) is 12.1 Å². The molecule has 2 aromatic carbocycles. The number of rotatable bonds is 8. The van der Waals surface area contributed by atoms with Gasteiger partial charge in [-0.3, -0.25) is 9.59 Å². The zero-order chi connectivity index (χ0) is 31.6. The van der Waals surface area contributed by atoms with Crippen LogP contribution in [0.25, 0.3) is 0 Å². The Morgan fingerprint density at radius 2 is 1.58 bits per heavy atom. The second kappa shape index (κ2) is 12.9. The summed E-state index contributed by atoms with van der Waals surface area (Å²) in [7, 11) is 2.73. The quantitative estimate of drug-likeness (QED) is 0.369.